The highest BCUT2D eigenvalue weighted by Gasteiger charge is 2.34. The first-order valence-electron chi connectivity index (χ1n) is 8.43. The molecule has 1 aromatic rings. The summed E-state index contributed by atoms with van der Waals surface area (Å²) in [7, 11) is 0. The number of fused-ring (bicyclic) bond motifs is 1. The molecule has 0 aromatic heterocycles. The van der Waals surface area contributed by atoms with Crippen LogP contribution in [-0.4, -0.2) is 35.7 Å². The fourth-order valence-electron chi connectivity index (χ4n) is 2.90. The van der Waals surface area contributed by atoms with Gasteiger partial charge in [0, 0.05) is 18.0 Å². The van der Waals surface area contributed by atoms with Gasteiger partial charge in [-0.25, -0.2) is 0 Å². The van der Waals surface area contributed by atoms with Crippen LogP contribution in [0.2, 0.25) is 0 Å². The highest BCUT2D eigenvalue weighted by atomic mass is 16.5. The molecule has 3 N–H and O–H groups in total. The summed E-state index contributed by atoms with van der Waals surface area (Å²) in [5.41, 5.74) is 1.38. The Kier molecular flexibility index (Phi) is 5.34. The van der Waals surface area contributed by atoms with Gasteiger partial charge in [0.05, 0.1) is 18.7 Å². The third-order valence-electron chi connectivity index (χ3n) is 4.17. The van der Waals surface area contributed by atoms with E-state index in [1.807, 2.05) is 37.3 Å². The first-order valence-corrected chi connectivity index (χ1v) is 8.43. The van der Waals surface area contributed by atoms with Crippen LogP contribution in [0.25, 0.3) is 0 Å². The van der Waals surface area contributed by atoms with Crippen LogP contribution in [0.15, 0.2) is 53.1 Å². The average molecular weight is 352 g/mol. The van der Waals surface area contributed by atoms with Crippen LogP contribution in [0.3, 0.4) is 0 Å². The quantitative estimate of drug-likeness (QED) is 0.734. The van der Waals surface area contributed by atoms with Gasteiger partial charge < -0.3 is 20.5 Å². The molecule has 3 atom stereocenters. The molecule has 2 aliphatic rings. The standard InChI is InChI=1S/C19H20N4O3/c1-2-26-14-5-3-4-13(8-14)11-21-19(25)17-22-16-7-6-12(10-20)9-15(16)18(24)23-17/h3-9,15-16,18,24H,2,11H2,1H3,(H,21,25)(H,22,23). The minimum absolute atomic E-state index is 0.0816. The molecular formula is C19H20N4O3. The lowest BCUT2D eigenvalue weighted by Crippen LogP contribution is -2.53. The van der Waals surface area contributed by atoms with Gasteiger partial charge in [-0.1, -0.05) is 24.3 Å². The number of aliphatic imine (C=N–C) groups is 1. The molecule has 134 valence electrons. The number of allylic oxidation sites excluding steroid dienone is 2. The lowest BCUT2D eigenvalue weighted by molar-refractivity contribution is -0.115. The van der Waals surface area contributed by atoms with Crippen LogP contribution in [0.1, 0.15) is 12.5 Å². The van der Waals surface area contributed by atoms with Gasteiger partial charge in [-0.2, -0.15) is 5.26 Å². The van der Waals surface area contributed by atoms with Crippen molar-refractivity contribution in [2.75, 3.05) is 6.61 Å². The summed E-state index contributed by atoms with van der Waals surface area (Å²) in [4.78, 5) is 16.7. The predicted octanol–water partition coefficient (Wildman–Crippen LogP) is 1.03. The van der Waals surface area contributed by atoms with Crippen LogP contribution in [-0.2, 0) is 11.3 Å². The molecule has 0 spiro atoms. The van der Waals surface area contributed by atoms with Gasteiger partial charge in [-0.15, -0.1) is 0 Å². The SMILES string of the molecule is CCOc1cccc(CNC(=O)C2=NC3C=CC(C#N)=CC3C(O)N2)c1. The molecule has 1 amide bonds. The maximum absolute atomic E-state index is 12.4. The van der Waals surface area contributed by atoms with Gasteiger partial charge in [0.25, 0.3) is 5.91 Å². The van der Waals surface area contributed by atoms with E-state index in [0.29, 0.717) is 18.7 Å². The molecule has 0 saturated carbocycles. The van der Waals surface area contributed by atoms with Crippen molar-refractivity contribution in [3.63, 3.8) is 0 Å². The van der Waals surface area contributed by atoms with Crippen molar-refractivity contribution < 1.29 is 14.6 Å². The van der Waals surface area contributed by atoms with Crippen LogP contribution in [0, 0.1) is 17.2 Å². The van der Waals surface area contributed by atoms with Gasteiger partial charge in [0.1, 0.15) is 12.0 Å². The Morgan fingerprint density at radius 3 is 3.12 bits per heavy atom. The molecule has 0 fully saturated rings. The second-order valence-electron chi connectivity index (χ2n) is 5.99. The van der Waals surface area contributed by atoms with Crippen LogP contribution < -0.4 is 15.4 Å². The van der Waals surface area contributed by atoms with Crippen molar-refractivity contribution in [2.45, 2.75) is 25.7 Å². The normalized spacial score (nSPS) is 23.7. The molecule has 1 aliphatic heterocycles. The van der Waals surface area contributed by atoms with Gasteiger partial charge in [0.2, 0.25) is 0 Å². The fraction of sp³-hybridized carbons (Fsp3) is 0.316. The minimum atomic E-state index is -0.979. The number of amidine groups is 1. The third-order valence-corrected chi connectivity index (χ3v) is 4.17. The average Bonchev–Trinajstić information content (AvgIpc) is 2.66. The minimum Gasteiger partial charge on any atom is -0.494 e. The summed E-state index contributed by atoms with van der Waals surface area (Å²) in [5, 5.41) is 24.7. The second-order valence-corrected chi connectivity index (χ2v) is 5.99. The number of carbonyl (C=O) groups excluding carboxylic acids is 1. The Bertz CT molecular complexity index is 822. The lowest BCUT2D eigenvalue weighted by atomic mass is 9.89. The summed E-state index contributed by atoms with van der Waals surface area (Å²) in [6.45, 7) is 2.81. The van der Waals surface area contributed by atoms with Gasteiger partial charge in [-0.05, 0) is 30.7 Å². The fourth-order valence-corrected chi connectivity index (χ4v) is 2.90. The Morgan fingerprint density at radius 1 is 1.50 bits per heavy atom. The number of amides is 1. The van der Waals surface area contributed by atoms with Crippen LogP contribution >= 0.6 is 0 Å². The van der Waals surface area contributed by atoms with Crippen molar-refractivity contribution >= 4 is 11.7 Å². The number of rotatable bonds is 5. The molecule has 7 nitrogen and oxygen atoms in total. The van der Waals surface area contributed by atoms with Gasteiger partial charge >= 0.3 is 0 Å². The highest BCUT2D eigenvalue weighted by molar-refractivity contribution is 6.38. The molecule has 1 aliphatic carbocycles. The van der Waals surface area contributed by atoms with Crippen molar-refractivity contribution in [2.24, 2.45) is 10.9 Å². The van der Waals surface area contributed by atoms with Crippen molar-refractivity contribution in [3.8, 4) is 11.8 Å². The van der Waals surface area contributed by atoms with Crippen LogP contribution in [0.5, 0.6) is 5.75 Å². The van der Waals surface area contributed by atoms with Crippen LogP contribution in [0.4, 0.5) is 0 Å². The first kappa shape index (κ1) is 17.7. The number of nitrogens with zero attached hydrogens (tertiary/aromatic N) is 2. The largest absolute Gasteiger partial charge is 0.494 e. The molecule has 1 heterocycles. The Morgan fingerprint density at radius 2 is 2.35 bits per heavy atom. The zero-order valence-corrected chi connectivity index (χ0v) is 14.3. The van der Waals surface area contributed by atoms with Crippen molar-refractivity contribution in [1.29, 1.82) is 5.26 Å². The number of aliphatic hydroxyl groups excluding tert-OH is 1. The second kappa shape index (κ2) is 7.85. The van der Waals surface area contributed by atoms with E-state index in [4.69, 9.17) is 10.00 Å². The van der Waals surface area contributed by atoms with Crippen molar-refractivity contribution in [1.82, 2.24) is 10.6 Å². The first-order chi connectivity index (χ1) is 12.6. The van der Waals surface area contributed by atoms with E-state index in [2.05, 4.69) is 15.6 Å². The molecule has 7 heteroatoms. The molecule has 3 unspecified atom stereocenters. The molecule has 0 bridgehead atoms. The number of nitriles is 1. The molecule has 0 saturated heterocycles. The summed E-state index contributed by atoms with van der Waals surface area (Å²) in [5.74, 6) is 0.0677. The Hall–Kier alpha value is -3.11. The Balaban J connectivity index is 1.65. The van der Waals surface area contributed by atoms with E-state index in [0.717, 1.165) is 11.3 Å². The molecular weight excluding hydrogens is 332 g/mol. The van der Waals surface area contributed by atoms with E-state index in [-0.39, 0.29) is 17.8 Å². The topological polar surface area (TPSA) is 107 Å². The zero-order valence-electron chi connectivity index (χ0n) is 14.3. The lowest BCUT2D eigenvalue weighted by Gasteiger charge is -2.32. The Labute approximate surface area is 151 Å². The monoisotopic (exact) mass is 352 g/mol. The maximum Gasteiger partial charge on any atom is 0.286 e. The van der Waals surface area contributed by atoms with E-state index >= 15 is 0 Å². The van der Waals surface area contributed by atoms with Gasteiger partial charge in [0.15, 0.2) is 5.84 Å². The van der Waals surface area contributed by atoms with E-state index in [9.17, 15) is 9.90 Å². The number of nitrogens with one attached hydrogen (secondary N) is 2. The van der Waals surface area contributed by atoms with E-state index < -0.39 is 12.1 Å². The predicted molar refractivity (Wildman–Crippen MR) is 96.1 cm³/mol. The number of aliphatic hydroxyl groups is 1. The number of ether oxygens (including phenoxy) is 1. The number of carbonyl (C=O) groups is 1. The van der Waals surface area contributed by atoms with Crippen molar-refractivity contribution in [3.05, 3.63) is 53.6 Å². The molecule has 3 rings (SSSR count). The smallest absolute Gasteiger partial charge is 0.286 e. The van der Waals surface area contributed by atoms with Gasteiger partial charge in [-0.3, -0.25) is 9.79 Å². The molecule has 26 heavy (non-hydrogen) atoms. The van der Waals surface area contributed by atoms with E-state index in [1.165, 1.54) is 0 Å². The molecule has 0 radical (unpaired) electrons. The maximum atomic E-state index is 12.4. The summed E-state index contributed by atoms with van der Waals surface area (Å²) in [6.07, 6.45) is 4.07. The third kappa shape index (κ3) is 3.92. The summed E-state index contributed by atoms with van der Waals surface area (Å²) >= 11 is 0. The number of hydrogen-bond donors (Lipinski definition) is 3. The molecule has 1 aromatic carbocycles. The highest BCUT2D eigenvalue weighted by Crippen LogP contribution is 2.25. The summed E-state index contributed by atoms with van der Waals surface area (Å²) in [6, 6.07) is 9.15. The number of benzene rings is 1. The van der Waals surface area contributed by atoms with E-state index in [1.54, 1.807) is 18.2 Å². The summed E-state index contributed by atoms with van der Waals surface area (Å²) < 4.78 is 5.44. The number of hydrogen-bond acceptors (Lipinski definition) is 6. The zero-order chi connectivity index (χ0) is 18.5.